The number of thiophene rings is 12. The summed E-state index contributed by atoms with van der Waals surface area (Å²) >= 11 is 34.4. The molecule has 2 nitrogen and oxygen atoms in total. The van der Waals surface area contributed by atoms with E-state index in [1.54, 1.807) is 113 Å². The fraction of sp³-hybridized carbons (Fsp3) is 0.313. The van der Waals surface area contributed by atoms with Gasteiger partial charge in [0.25, 0.3) is 0 Å². The van der Waals surface area contributed by atoms with E-state index in [0.717, 1.165) is 102 Å². The molecule has 12 aromatic heterocycles. The summed E-state index contributed by atoms with van der Waals surface area (Å²) in [5, 5.41) is 2.02. The quantitative estimate of drug-likeness (QED) is 0.0514. The smallest absolute Gasteiger partial charge is 0.399 e. The van der Waals surface area contributed by atoms with E-state index in [0.29, 0.717) is 0 Å². The van der Waals surface area contributed by atoms with E-state index in [1.807, 2.05) is 47.1 Å². The van der Waals surface area contributed by atoms with Gasteiger partial charge in [-0.05, 0) is 232 Å². The Balaban J connectivity index is 0.000000188. The van der Waals surface area contributed by atoms with Gasteiger partial charge in [-0.25, -0.2) is 0 Å². The van der Waals surface area contributed by atoms with Gasteiger partial charge in [0.15, 0.2) is 0 Å². The van der Waals surface area contributed by atoms with Crippen molar-refractivity contribution in [1.29, 1.82) is 0 Å². The number of hydrogen-bond acceptors (Lipinski definition) is 14. The normalized spacial score (nSPS) is 12.1. The summed E-state index contributed by atoms with van der Waals surface area (Å²) in [4.78, 5) is 22.4. The Labute approximate surface area is 807 Å². The fourth-order valence-electron chi connectivity index (χ4n) is 10.8. The van der Waals surface area contributed by atoms with Crippen LogP contribution in [0, 0.1) is 119 Å². The first-order valence-corrected chi connectivity index (χ1v) is 63.4. The largest absolute Gasteiger partial charge is 0.505 e. The number of unbranched alkanes of at least 4 members (excludes halogenated alkanes) is 9. The monoisotopic (exact) mass is 2110 g/mol. The second-order valence-corrected chi connectivity index (χ2v) is 63.8. The highest BCUT2D eigenvalue weighted by atomic mass is 79.9. The predicted octanol–water partition coefficient (Wildman–Crippen LogP) is 34.0. The zero-order chi connectivity index (χ0) is 87.7. The van der Waals surface area contributed by atoms with Crippen LogP contribution in [0.3, 0.4) is 0 Å². The van der Waals surface area contributed by atoms with Crippen molar-refractivity contribution in [2.45, 2.75) is 203 Å². The number of rotatable bonds is 17. The summed E-state index contributed by atoms with van der Waals surface area (Å²) in [6.07, 6.45) is 30.6. The van der Waals surface area contributed by atoms with Crippen molar-refractivity contribution < 1.29 is 9.31 Å². The van der Waals surface area contributed by atoms with Gasteiger partial charge in [0, 0.05) is 96.8 Å². The van der Waals surface area contributed by atoms with E-state index in [4.69, 9.17) is 28.6 Å². The molecule has 13 rings (SSSR count). The molecule has 1 saturated heterocycles. The Kier molecular flexibility index (Phi) is 38.9. The van der Waals surface area contributed by atoms with Crippen molar-refractivity contribution in [3.8, 4) is 187 Å². The van der Waals surface area contributed by atoms with Crippen LogP contribution < -0.4 is 4.78 Å². The highest BCUT2D eigenvalue weighted by Gasteiger charge is 2.52. The standard InChI is InChI=1S/C36H38S4Si2.C29H20S4.C22H33BO2SSi.C8H4Br2S2.C4H2Br2S/c1-9-11-12-13-14-16-30-28(22-24-42(6,7)8)26-36(38-30)34-20-18-32(40-34)31-17-19-33(39-31)35-25-27(21-23-41(3,4)5)29(37-35)15-10-2;1-5-9-10-11-12-13-23-21(7-3)19-29(31-23)27-17-15-25(33-27)24-14-16-26(32-24)28-18-20(6-2)22(8-4)30-28;1-9-10-11-12-13-14-19-18(15-16-27(6,7)8)17-20(26-19)23-24-21(2,3)22(4,5)25-23;9-7-3-1-5(11-7)6-2-4-8(10)12-6;5-3-1-2-7-4(3)6/h17-20,25-26H,9,11-13H2,1-8H3;2-4,14-19H,5,9-11H2,1H3;17H,9-12H2,1-8H3;1-4H;1-2H. The van der Waals surface area contributed by atoms with Crippen molar-refractivity contribution in [3.63, 3.8) is 0 Å². The van der Waals surface area contributed by atoms with Crippen LogP contribution >= 0.6 is 200 Å². The highest BCUT2D eigenvalue weighted by molar-refractivity contribution is 9.13. The molecule has 22 heteroatoms. The molecule has 0 amide bonds. The third-order valence-corrected chi connectivity index (χ3v) is 37.7. The second-order valence-electron chi connectivity index (χ2n) is 31.9. The second kappa shape index (κ2) is 47.4. The lowest BCUT2D eigenvalue weighted by Crippen LogP contribution is -2.41. The van der Waals surface area contributed by atoms with Gasteiger partial charge in [-0.3, -0.25) is 0 Å². The van der Waals surface area contributed by atoms with Crippen LogP contribution in [0.25, 0.3) is 68.3 Å². The van der Waals surface area contributed by atoms with Crippen LogP contribution in [0.1, 0.15) is 185 Å². The molecule has 121 heavy (non-hydrogen) atoms. The molecular weight excluding hydrogens is 2020 g/mol. The topological polar surface area (TPSA) is 18.5 Å². The lowest BCUT2D eigenvalue weighted by atomic mass is 9.87. The van der Waals surface area contributed by atoms with E-state index in [9.17, 15) is 0 Å². The van der Waals surface area contributed by atoms with Crippen molar-refractivity contribution >= 4 is 236 Å². The molecule has 0 bridgehead atoms. The predicted molar refractivity (Wildman–Crippen MR) is 571 cm³/mol. The maximum absolute atomic E-state index is 6.22. The SMILES string of the molecule is Brc1ccc(-c2ccc(Br)s2)s1.Brc1ccsc1Br.C#Cc1cc(-c2ccc(-c3ccc(-c4cc(C#C)c(C#CCCCCC)s4)s3)s2)sc1C#C.CC#Cc1sc(-c2ccc(-c3ccc(-c4cc(C#C[Si](C)(C)C)c(C#CCCCCC)s4)s3)s2)cc1C#C[Si](C)(C)C.CCCCCC#Cc1sc(B2OC(C)(C)C(C)(C)O2)cc1C#C[Si](C)(C)C. The fourth-order valence-corrected chi connectivity index (χ4v) is 26.1. The first-order chi connectivity index (χ1) is 57.6. The zero-order valence-corrected chi connectivity index (χ0v) is 90.6. The summed E-state index contributed by atoms with van der Waals surface area (Å²) in [5.74, 6) is 45.0. The lowest BCUT2D eigenvalue weighted by Gasteiger charge is -2.32. The summed E-state index contributed by atoms with van der Waals surface area (Å²) in [5.41, 5.74) is 14.7. The molecule has 1 fully saturated rings. The van der Waals surface area contributed by atoms with Crippen LogP contribution in [0.4, 0.5) is 0 Å². The average Bonchev–Trinajstić information content (AvgIpc) is 1.62. The van der Waals surface area contributed by atoms with Crippen LogP contribution in [0.2, 0.25) is 58.9 Å². The van der Waals surface area contributed by atoms with Crippen LogP contribution in [0.15, 0.2) is 130 Å². The Morgan fingerprint density at radius 2 is 0.653 bits per heavy atom. The van der Waals surface area contributed by atoms with Crippen molar-refractivity contribution in [3.05, 3.63) is 183 Å². The Morgan fingerprint density at radius 1 is 0.347 bits per heavy atom. The van der Waals surface area contributed by atoms with Gasteiger partial charge in [0.1, 0.15) is 24.2 Å². The van der Waals surface area contributed by atoms with Gasteiger partial charge in [-0.2, -0.15) is 0 Å². The first kappa shape index (κ1) is 99.3. The highest BCUT2D eigenvalue weighted by Crippen LogP contribution is 2.47. The van der Waals surface area contributed by atoms with Gasteiger partial charge < -0.3 is 9.31 Å². The molecule has 12 aromatic rings. The van der Waals surface area contributed by atoms with Gasteiger partial charge >= 0.3 is 7.12 Å². The van der Waals surface area contributed by atoms with E-state index < -0.39 is 24.2 Å². The maximum atomic E-state index is 6.22. The Morgan fingerprint density at radius 3 is 0.942 bits per heavy atom. The summed E-state index contributed by atoms with van der Waals surface area (Å²) < 4.78 is 18.2. The van der Waals surface area contributed by atoms with Crippen LogP contribution in [-0.4, -0.2) is 42.5 Å². The van der Waals surface area contributed by atoms with Gasteiger partial charge in [0.2, 0.25) is 0 Å². The lowest BCUT2D eigenvalue weighted by molar-refractivity contribution is 0.00578. The minimum Gasteiger partial charge on any atom is -0.399 e. The molecule has 0 aliphatic carbocycles. The van der Waals surface area contributed by atoms with Crippen LogP contribution in [0.5, 0.6) is 0 Å². The molecule has 0 spiro atoms. The number of terminal acetylenes is 3. The molecule has 0 unspecified atom stereocenters. The Hall–Kier alpha value is -5.44. The molecule has 1 aliphatic heterocycles. The Bertz CT molecular complexity index is 6040. The maximum Gasteiger partial charge on any atom is 0.505 e. The third kappa shape index (κ3) is 30.7. The third-order valence-electron chi connectivity index (χ3n) is 17.7. The molecule has 13 heterocycles. The molecule has 0 saturated carbocycles. The minimum atomic E-state index is -1.48. The average molecular weight is 2120 g/mol. The van der Waals surface area contributed by atoms with Gasteiger partial charge in [-0.1, -0.05) is 195 Å². The molecule has 620 valence electrons. The molecular formula is C99H97BBr4O2S12Si3. The molecule has 0 N–H and O–H groups in total. The molecule has 0 atom stereocenters. The molecule has 0 aromatic carbocycles. The van der Waals surface area contributed by atoms with Gasteiger partial charge in [-0.15, -0.1) is 178 Å². The van der Waals surface area contributed by atoms with E-state index in [1.165, 1.54) is 116 Å². The van der Waals surface area contributed by atoms with E-state index in [2.05, 4.69) is 368 Å². The summed E-state index contributed by atoms with van der Waals surface area (Å²) in [6, 6.07) is 38.8. The number of hydrogen-bond donors (Lipinski definition) is 0. The van der Waals surface area contributed by atoms with Crippen molar-refractivity contribution in [2.75, 3.05) is 0 Å². The zero-order valence-electron chi connectivity index (χ0n) is 71.5. The molecule has 0 radical (unpaired) electrons. The minimum absolute atomic E-state index is 0.335. The first-order valence-electron chi connectivity index (χ1n) is 39.9. The van der Waals surface area contributed by atoms with E-state index in [-0.39, 0.29) is 18.3 Å². The molecule has 1 aliphatic rings. The van der Waals surface area contributed by atoms with E-state index >= 15 is 0 Å². The van der Waals surface area contributed by atoms with Crippen molar-refractivity contribution in [2.24, 2.45) is 0 Å². The number of halogens is 4. The summed E-state index contributed by atoms with van der Waals surface area (Å²) in [7, 11) is -4.73. The van der Waals surface area contributed by atoms with Crippen LogP contribution in [-0.2, 0) is 9.31 Å². The van der Waals surface area contributed by atoms with Crippen molar-refractivity contribution in [1.82, 2.24) is 0 Å². The summed E-state index contributed by atoms with van der Waals surface area (Å²) in [6.45, 7) is 37.4. The van der Waals surface area contributed by atoms with Gasteiger partial charge in [0.05, 0.1) is 74.8 Å².